The highest BCUT2D eigenvalue weighted by molar-refractivity contribution is 5.74. The predicted molar refractivity (Wildman–Crippen MR) is 60.4 cm³/mol. The maximum absolute atomic E-state index is 11.2. The molecule has 0 saturated carbocycles. The first-order valence-corrected chi connectivity index (χ1v) is 5.22. The van der Waals surface area contributed by atoms with Crippen molar-refractivity contribution in [2.45, 2.75) is 53.0 Å². The molecule has 0 atom stereocenters. The number of carbonyl (C=O) groups is 1. The number of carbonyl (C=O) groups excluding carboxylic acids is 1. The molecule has 0 saturated heterocycles. The van der Waals surface area contributed by atoms with Crippen molar-refractivity contribution in [1.29, 1.82) is 0 Å². The summed E-state index contributed by atoms with van der Waals surface area (Å²) >= 11 is 0. The molecule has 0 aliphatic heterocycles. The van der Waals surface area contributed by atoms with Gasteiger partial charge >= 0.3 is 6.03 Å². The van der Waals surface area contributed by atoms with E-state index < -0.39 is 0 Å². The normalized spacial score (nSPS) is 12.4. The van der Waals surface area contributed by atoms with Crippen molar-refractivity contribution in [1.82, 2.24) is 10.6 Å². The summed E-state index contributed by atoms with van der Waals surface area (Å²) in [6.07, 6.45) is 2.09. The van der Waals surface area contributed by atoms with Gasteiger partial charge in [-0.1, -0.05) is 27.2 Å². The van der Waals surface area contributed by atoms with E-state index in [0.717, 1.165) is 12.8 Å². The van der Waals surface area contributed by atoms with Gasteiger partial charge in [-0.05, 0) is 25.7 Å². The first kappa shape index (κ1) is 13.3. The molecular formula is C11H24N2O. The molecule has 2 N–H and O–H groups in total. The first-order chi connectivity index (χ1) is 6.22. The van der Waals surface area contributed by atoms with Gasteiger partial charge < -0.3 is 10.6 Å². The number of rotatable bonds is 4. The van der Waals surface area contributed by atoms with E-state index in [9.17, 15) is 4.79 Å². The summed E-state index contributed by atoms with van der Waals surface area (Å²) in [5.41, 5.74) is 0.115. The van der Waals surface area contributed by atoms with Crippen molar-refractivity contribution in [2.24, 2.45) is 5.41 Å². The van der Waals surface area contributed by atoms with Crippen LogP contribution in [0.3, 0.4) is 0 Å². The Morgan fingerprint density at radius 2 is 1.71 bits per heavy atom. The molecule has 3 nitrogen and oxygen atoms in total. The molecule has 84 valence electrons. The zero-order valence-electron chi connectivity index (χ0n) is 10.3. The van der Waals surface area contributed by atoms with Crippen LogP contribution in [0, 0.1) is 5.41 Å². The summed E-state index contributed by atoms with van der Waals surface area (Å²) in [6.45, 7) is 10.7. The van der Waals surface area contributed by atoms with Gasteiger partial charge in [-0.15, -0.1) is 0 Å². The molecule has 14 heavy (non-hydrogen) atoms. The summed E-state index contributed by atoms with van der Waals surface area (Å²) in [5.74, 6) is 0. The first-order valence-electron chi connectivity index (χ1n) is 5.22. The van der Waals surface area contributed by atoms with Crippen LogP contribution in [0.1, 0.15) is 47.5 Å². The Balaban J connectivity index is 4.26. The number of hydrogen-bond acceptors (Lipinski definition) is 1. The quantitative estimate of drug-likeness (QED) is 0.719. The van der Waals surface area contributed by atoms with Gasteiger partial charge in [0.1, 0.15) is 0 Å². The van der Waals surface area contributed by atoms with E-state index in [-0.39, 0.29) is 17.0 Å². The van der Waals surface area contributed by atoms with Crippen LogP contribution in [0.2, 0.25) is 0 Å². The Hall–Kier alpha value is -0.730. The summed E-state index contributed by atoms with van der Waals surface area (Å²) in [7, 11) is 1.64. The average molecular weight is 200 g/mol. The highest BCUT2D eigenvalue weighted by atomic mass is 16.2. The van der Waals surface area contributed by atoms with Gasteiger partial charge in [0.15, 0.2) is 0 Å². The van der Waals surface area contributed by atoms with Crippen molar-refractivity contribution in [3.05, 3.63) is 0 Å². The standard InChI is InChI=1S/C11H24N2O/c1-7-10(2,3)8-11(4,5)13-9(14)12-6/h7-8H2,1-6H3,(H2,12,13,14). The topological polar surface area (TPSA) is 41.1 Å². The Kier molecular flexibility index (Phi) is 4.43. The summed E-state index contributed by atoms with van der Waals surface area (Å²) in [6, 6.07) is -0.109. The van der Waals surface area contributed by atoms with Crippen LogP contribution in [-0.4, -0.2) is 18.6 Å². The second kappa shape index (κ2) is 4.67. The Bertz CT molecular complexity index is 197. The number of amides is 2. The van der Waals surface area contributed by atoms with E-state index in [1.165, 1.54) is 0 Å². The van der Waals surface area contributed by atoms with E-state index in [1.807, 2.05) is 0 Å². The van der Waals surface area contributed by atoms with Crippen LogP contribution in [-0.2, 0) is 0 Å². The number of nitrogens with one attached hydrogen (secondary N) is 2. The van der Waals surface area contributed by atoms with Gasteiger partial charge in [-0.3, -0.25) is 0 Å². The third-order valence-corrected chi connectivity index (χ3v) is 2.56. The molecule has 0 bridgehead atoms. The average Bonchev–Trinajstić information content (AvgIpc) is 2.01. The van der Waals surface area contributed by atoms with Gasteiger partial charge in [-0.25, -0.2) is 4.79 Å². The van der Waals surface area contributed by atoms with Gasteiger partial charge in [-0.2, -0.15) is 0 Å². The highest BCUT2D eigenvalue weighted by Gasteiger charge is 2.28. The lowest BCUT2D eigenvalue weighted by Crippen LogP contribution is -2.49. The lowest BCUT2D eigenvalue weighted by Gasteiger charge is -2.34. The van der Waals surface area contributed by atoms with Crippen molar-refractivity contribution >= 4 is 6.03 Å². The van der Waals surface area contributed by atoms with Crippen molar-refractivity contribution in [3.8, 4) is 0 Å². The minimum absolute atomic E-state index is 0.109. The minimum atomic E-state index is -0.153. The third-order valence-electron chi connectivity index (χ3n) is 2.56. The van der Waals surface area contributed by atoms with Gasteiger partial charge in [0, 0.05) is 12.6 Å². The Labute approximate surface area is 87.6 Å². The zero-order valence-corrected chi connectivity index (χ0v) is 10.3. The molecule has 3 heteroatoms. The number of hydrogen-bond donors (Lipinski definition) is 2. The van der Waals surface area contributed by atoms with Crippen molar-refractivity contribution < 1.29 is 4.79 Å². The summed E-state index contributed by atoms with van der Waals surface area (Å²) in [4.78, 5) is 11.2. The molecule has 0 heterocycles. The lowest BCUT2D eigenvalue weighted by atomic mass is 9.78. The molecule has 0 aromatic carbocycles. The van der Waals surface area contributed by atoms with Gasteiger partial charge in [0.25, 0.3) is 0 Å². The molecule has 0 spiro atoms. The third kappa shape index (κ3) is 5.10. The molecule has 0 aliphatic rings. The van der Waals surface area contributed by atoms with E-state index in [2.05, 4.69) is 45.3 Å². The second-order valence-electron chi connectivity index (χ2n) is 5.28. The fourth-order valence-electron chi connectivity index (χ4n) is 1.74. The van der Waals surface area contributed by atoms with Gasteiger partial charge in [0.05, 0.1) is 0 Å². The van der Waals surface area contributed by atoms with E-state index in [4.69, 9.17) is 0 Å². The van der Waals surface area contributed by atoms with Crippen molar-refractivity contribution in [2.75, 3.05) is 7.05 Å². The Morgan fingerprint density at radius 3 is 2.07 bits per heavy atom. The highest BCUT2D eigenvalue weighted by Crippen LogP contribution is 2.30. The van der Waals surface area contributed by atoms with Crippen molar-refractivity contribution in [3.63, 3.8) is 0 Å². The molecule has 0 unspecified atom stereocenters. The fraction of sp³-hybridized carbons (Fsp3) is 0.909. The molecule has 2 amide bonds. The zero-order chi connectivity index (χ0) is 11.4. The number of urea groups is 1. The molecule has 0 radical (unpaired) electrons. The van der Waals surface area contributed by atoms with E-state index in [0.29, 0.717) is 0 Å². The van der Waals surface area contributed by atoms with Gasteiger partial charge in [0.2, 0.25) is 0 Å². The summed E-state index contributed by atoms with van der Waals surface area (Å²) in [5, 5.41) is 5.52. The molecular weight excluding hydrogens is 176 g/mol. The van der Waals surface area contributed by atoms with Crippen LogP contribution in [0.25, 0.3) is 0 Å². The lowest BCUT2D eigenvalue weighted by molar-refractivity contribution is 0.201. The smallest absolute Gasteiger partial charge is 0.314 e. The van der Waals surface area contributed by atoms with E-state index in [1.54, 1.807) is 7.05 Å². The van der Waals surface area contributed by atoms with Crippen LogP contribution in [0.5, 0.6) is 0 Å². The SMILES string of the molecule is CCC(C)(C)CC(C)(C)NC(=O)NC. The molecule has 0 rings (SSSR count). The monoisotopic (exact) mass is 200 g/mol. The van der Waals surface area contributed by atoms with Crippen LogP contribution >= 0.6 is 0 Å². The maximum Gasteiger partial charge on any atom is 0.314 e. The predicted octanol–water partition coefficient (Wildman–Crippen LogP) is 2.52. The maximum atomic E-state index is 11.2. The molecule has 0 aromatic heterocycles. The molecule has 0 aromatic rings. The van der Waals surface area contributed by atoms with E-state index >= 15 is 0 Å². The Morgan fingerprint density at radius 1 is 1.21 bits per heavy atom. The van der Waals surface area contributed by atoms with Crippen LogP contribution in [0.4, 0.5) is 4.79 Å². The van der Waals surface area contributed by atoms with Crippen LogP contribution < -0.4 is 10.6 Å². The second-order valence-corrected chi connectivity index (χ2v) is 5.28. The minimum Gasteiger partial charge on any atom is -0.341 e. The largest absolute Gasteiger partial charge is 0.341 e. The fourth-order valence-corrected chi connectivity index (χ4v) is 1.74. The molecule has 0 aliphatic carbocycles. The molecule has 0 fully saturated rings. The summed E-state index contributed by atoms with van der Waals surface area (Å²) < 4.78 is 0. The van der Waals surface area contributed by atoms with Crippen LogP contribution in [0.15, 0.2) is 0 Å².